The summed E-state index contributed by atoms with van der Waals surface area (Å²) in [6, 6.07) is 18.5. The largest absolute Gasteiger partial charge is 0.349 e. The van der Waals surface area contributed by atoms with Crippen molar-refractivity contribution in [2.75, 3.05) is 13.1 Å². The summed E-state index contributed by atoms with van der Waals surface area (Å²) in [6.45, 7) is 4.91. The Morgan fingerprint density at radius 1 is 1.14 bits per heavy atom. The standard InChI is InChI=1S/C23H24BrN3O/c1-16-13-21(20-14-18(24)7-8-22(20)25-16)23(28)26-19-9-11-27(12-10-19)15-17-5-3-2-4-6-17/h2-8,13-14,19H,9-12,15H2,1H3,(H,26,28). The maximum Gasteiger partial charge on any atom is 0.252 e. The number of pyridine rings is 1. The minimum absolute atomic E-state index is 0.00453. The summed E-state index contributed by atoms with van der Waals surface area (Å²) in [5.41, 5.74) is 3.76. The summed E-state index contributed by atoms with van der Waals surface area (Å²) < 4.78 is 0.953. The van der Waals surface area contributed by atoms with Crippen LogP contribution in [0.2, 0.25) is 0 Å². The predicted molar refractivity (Wildman–Crippen MR) is 116 cm³/mol. The summed E-state index contributed by atoms with van der Waals surface area (Å²) in [7, 11) is 0. The number of carbonyl (C=O) groups excluding carboxylic acids is 1. The van der Waals surface area contributed by atoms with Gasteiger partial charge in [0, 0.05) is 41.2 Å². The molecule has 0 spiro atoms. The number of halogens is 1. The number of amides is 1. The Hall–Kier alpha value is -2.24. The number of aryl methyl sites for hydroxylation is 1. The fourth-order valence-corrected chi connectivity index (χ4v) is 4.22. The van der Waals surface area contributed by atoms with Crippen LogP contribution in [0.1, 0.15) is 34.5 Å². The van der Waals surface area contributed by atoms with Crippen LogP contribution >= 0.6 is 15.9 Å². The van der Waals surface area contributed by atoms with Gasteiger partial charge < -0.3 is 5.32 Å². The molecule has 4 nitrogen and oxygen atoms in total. The van der Waals surface area contributed by atoms with Gasteiger partial charge >= 0.3 is 0 Å². The van der Waals surface area contributed by atoms with Crippen LogP contribution in [0.4, 0.5) is 0 Å². The number of hydrogen-bond donors (Lipinski definition) is 1. The van der Waals surface area contributed by atoms with Gasteiger partial charge in [0.05, 0.1) is 11.1 Å². The number of carbonyl (C=O) groups is 1. The van der Waals surface area contributed by atoms with Crippen LogP contribution in [0, 0.1) is 6.92 Å². The number of fused-ring (bicyclic) bond motifs is 1. The van der Waals surface area contributed by atoms with Crippen LogP contribution in [0.3, 0.4) is 0 Å². The number of benzene rings is 2. The highest BCUT2D eigenvalue weighted by molar-refractivity contribution is 9.10. The Kier molecular flexibility index (Phi) is 5.74. The molecule has 0 atom stereocenters. The minimum atomic E-state index is -0.00453. The van der Waals surface area contributed by atoms with Crippen LogP contribution in [0.25, 0.3) is 10.9 Å². The first kappa shape index (κ1) is 19.1. The molecule has 3 aromatic rings. The van der Waals surface area contributed by atoms with Crippen molar-refractivity contribution in [3.8, 4) is 0 Å². The number of aromatic nitrogens is 1. The molecule has 0 radical (unpaired) electrons. The smallest absolute Gasteiger partial charge is 0.252 e. The van der Waals surface area contributed by atoms with Gasteiger partial charge in [0.25, 0.3) is 5.91 Å². The van der Waals surface area contributed by atoms with Crippen molar-refractivity contribution >= 4 is 32.7 Å². The second-order valence-corrected chi connectivity index (χ2v) is 8.40. The van der Waals surface area contributed by atoms with E-state index in [-0.39, 0.29) is 11.9 Å². The van der Waals surface area contributed by atoms with Crippen molar-refractivity contribution in [1.82, 2.24) is 15.2 Å². The fraction of sp³-hybridized carbons (Fsp3) is 0.304. The van der Waals surface area contributed by atoms with Crippen LogP contribution < -0.4 is 5.32 Å². The molecule has 1 amide bonds. The second kappa shape index (κ2) is 8.41. The van der Waals surface area contributed by atoms with Gasteiger partial charge in [-0.3, -0.25) is 14.7 Å². The quantitative estimate of drug-likeness (QED) is 0.643. The molecule has 1 aromatic heterocycles. The molecule has 2 aromatic carbocycles. The maximum atomic E-state index is 13.0. The lowest BCUT2D eigenvalue weighted by Crippen LogP contribution is -2.44. The van der Waals surface area contributed by atoms with Crippen molar-refractivity contribution in [2.45, 2.75) is 32.4 Å². The zero-order valence-electron chi connectivity index (χ0n) is 16.0. The third kappa shape index (κ3) is 4.42. The molecule has 1 aliphatic heterocycles. The highest BCUT2D eigenvalue weighted by Gasteiger charge is 2.22. The van der Waals surface area contributed by atoms with Crippen molar-refractivity contribution < 1.29 is 4.79 Å². The number of hydrogen-bond acceptors (Lipinski definition) is 3. The van der Waals surface area contributed by atoms with E-state index in [1.54, 1.807) is 0 Å². The summed E-state index contributed by atoms with van der Waals surface area (Å²) >= 11 is 3.50. The van der Waals surface area contributed by atoms with E-state index in [1.807, 2.05) is 37.3 Å². The molecule has 4 rings (SSSR count). The highest BCUT2D eigenvalue weighted by atomic mass is 79.9. The van der Waals surface area contributed by atoms with E-state index in [2.05, 4.69) is 55.4 Å². The van der Waals surface area contributed by atoms with Crippen molar-refractivity contribution in [3.63, 3.8) is 0 Å². The minimum Gasteiger partial charge on any atom is -0.349 e. The van der Waals surface area contributed by atoms with E-state index in [1.165, 1.54) is 5.56 Å². The Bertz CT molecular complexity index is 982. The molecule has 2 heterocycles. The van der Waals surface area contributed by atoms with E-state index in [9.17, 15) is 4.79 Å². The molecule has 1 fully saturated rings. The molecule has 144 valence electrons. The highest BCUT2D eigenvalue weighted by Crippen LogP contribution is 2.23. The Morgan fingerprint density at radius 2 is 1.89 bits per heavy atom. The number of rotatable bonds is 4. The zero-order chi connectivity index (χ0) is 19.5. The molecule has 0 saturated carbocycles. The Labute approximate surface area is 174 Å². The number of piperidine rings is 1. The molecule has 0 bridgehead atoms. The molecule has 0 unspecified atom stereocenters. The van der Waals surface area contributed by atoms with Gasteiger partial charge in [-0.2, -0.15) is 0 Å². The summed E-state index contributed by atoms with van der Waals surface area (Å²) in [4.78, 5) is 20.0. The zero-order valence-corrected chi connectivity index (χ0v) is 17.6. The van der Waals surface area contributed by atoms with Crippen LogP contribution in [0.15, 0.2) is 59.1 Å². The first-order valence-electron chi connectivity index (χ1n) is 9.72. The van der Waals surface area contributed by atoms with Crippen molar-refractivity contribution in [1.29, 1.82) is 0 Å². The lowest BCUT2D eigenvalue weighted by molar-refractivity contribution is 0.0910. The Morgan fingerprint density at radius 3 is 2.64 bits per heavy atom. The first-order chi connectivity index (χ1) is 13.6. The van der Waals surface area contributed by atoms with Crippen molar-refractivity contribution in [2.24, 2.45) is 0 Å². The second-order valence-electron chi connectivity index (χ2n) is 7.48. The number of nitrogens with zero attached hydrogens (tertiary/aromatic N) is 2. The van der Waals surface area contributed by atoms with E-state index in [4.69, 9.17) is 0 Å². The van der Waals surface area contributed by atoms with E-state index < -0.39 is 0 Å². The lowest BCUT2D eigenvalue weighted by atomic mass is 10.0. The molecule has 28 heavy (non-hydrogen) atoms. The molecule has 5 heteroatoms. The topological polar surface area (TPSA) is 45.2 Å². The van der Waals surface area contributed by atoms with Gasteiger partial charge in [0.15, 0.2) is 0 Å². The van der Waals surface area contributed by atoms with Crippen LogP contribution in [-0.2, 0) is 6.54 Å². The predicted octanol–water partition coefficient (Wildman–Crippen LogP) is 4.70. The monoisotopic (exact) mass is 437 g/mol. The average Bonchev–Trinajstić information content (AvgIpc) is 2.70. The van der Waals surface area contributed by atoms with Gasteiger partial charge in [-0.05, 0) is 49.6 Å². The van der Waals surface area contributed by atoms with Gasteiger partial charge in [-0.25, -0.2) is 0 Å². The maximum absolute atomic E-state index is 13.0. The van der Waals surface area contributed by atoms with E-state index in [0.29, 0.717) is 5.56 Å². The summed E-state index contributed by atoms with van der Waals surface area (Å²) in [5, 5.41) is 4.14. The number of nitrogens with one attached hydrogen (secondary N) is 1. The normalized spacial score (nSPS) is 15.6. The van der Waals surface area contributed by atoms with Crippen LogP contribution in [-0.4, -0.2) is 34.9 Å². The van der Waals surface area contributed by atoms with Gasteiger partial charge in [0.1, 0.15) is 0 Å². The van der Waals surface area contributed by atoms with E-state index in [0.717, 1.165) is 53.5 Å². The van der Waals surface area contributed by atoms with Gasteiger partial charge in [-0.15, -0.1) is 0 Å². The molecular formula is C23H24BrN3O. The number of likely N-dealkylation sites (tertiary alicyclic amines) is 1. The van der Waals surface area contributed by atoms with E-state index >= 15 is 0 Å². The van der Waals surface area contributed by atoms with Gasteiger partial charge in [0.2, 0.25) is 0 Å². The molecule has 1 aliphatic rings. The van der Waals surface area contributed by atoms with Gasteiger partial charge in [-0.1, -0.05) is 46.3 Å². The fourth-order valence-electron chi connectivity index (χ4n) is 3.86. The molecule has 1 saturated heterocycles. The molecular weight excluding hydrogens is 414 g/mol. The van der Waals surface area contributed by atoms with Crippen molar-refractivity contribution in [3.05, 3.63) is 75.9 Å². The SMILES string of the molecule is Cc1cc(C(=O)NC2CCN(Cc3ccccc3)CC2)c2cc(Br)ccc2n1. The van der Waals surface area contributed by atoms with Crippen LogP contribution in [0.5, 0.6) is 0 Å². The summed E-state index contributed by atoms with van der Waals surface area (Å²) in [6.07, 6.45) is 1.95. The Balaban J connectivity index is 1.41. The summed E-state index contributed by atoms with van der Waals surface area (Å²) in [5.74, 6) is -0.00453. The third-order valence-corrected chi connectivity index (χ3v) is 5.81. The average molecular weight is 438 g/mol. The molecule has 1 N–H and O–H groups in total. The lowest BCUT2D eigenvalue weighted by Gasteiger charge is -2.32. The third-order valence-electron chi connectivity index (χ3n) is 5.32. The first-order valence-corrected chi connectivity index (χ1v) is 10.5. The molecule has 0 aliphatic carbocycles.